The van der Waals surface area contributed by atoms with E-state index in [9.17, 15) is 9.18 Å². The van der Waals surface area contributed by atoms with Crippen molar-refractivity contribution in [1.29, 1.82) is 0 Å². The summed E-state index contributed by atoms with van der Waals surface area (Å²) in [7, 11) is 0. The van der Waals surface area contributed by atoms with E-state index in [0.717, 1.165) is 11.0 Å². The van der Waals surface area contributed by atoms with Gasteiger partial charge in [0.2, 0.25) is 0 Å². The Bertz CT molecular complexity index is 664. The van der Waals surface area contributed by atoms with Crippen molar-refractivity contribution in [1.82, 2.24) is 0 Å². The van der Waals surface area contributed by atoms with E-state index in [1.54, 1.807) is 30.8 Å². The number of anilines is 1. The number of ether oxygens (including phenoxy) is 1. The van der Waals surface area contributed by atoms with Crippen LogP contribution in [0.25, 0.3) is 0 Å². The molecule has 2 aromatic carbocycles. The van der Waals surface area contributed by atoms with Crippen LogP contribution in [0.15, 0.2) is 47.4 Å². The van der Waals surface area contributed by atoms with Crippen LogP contribution in [0, 0.1) is 5.82 Å². The summed E-state index contributed by atoms with van der Waals surface area (Å²) in [6.07, 6.45) is 1.28. The maximum Gasteiger partial charge on any atom is 0.265 e. The largest absolute Gasteiger partial charge is 0.481 e. The van der Waals surface area contributed by atoms with Crippen LogP contribution in [0.4, 0.5) is 10.1 Å². The minimum Gasteiger partial charge on any atom is -0.481 e. The lowest BCUT2D eigenvalue weighted by molar-refractivity contribution is -0.122. The second-order valence-corrected chi connectivity index (χ2v) is 5.84. The fourth-order valence-electron chi connectivity index (χ4n) is 1.74. The highest BCUT2D eigenvalue weighted by Gasteiger charge is 2.16. The summed E-state index contributed by atoms with van der Waals surface area (Å²) >= 11 is 7.50. The Balaban J connectivity index is 1.99. The molecule has 0 bridgehead atoms. The van der Waals surface area contributed by atoms with Gasteiger partial charge in [-0.1, -0.05) is 11.6 Å². The Labute approximate surface area is 137 Å². The van der Waals surface area contributed by atoms with Gasteiger partial charge in [0.1, 0.15) is 11.6 Å². The SMILES string of the molecule is CSc1ccc(O[C@@H](C)C(=O)Nc2ccc(F)cc2Cl)cc1. The second kappa shape index (κ2) is 7.51. The molecule has 0 saturated carbocycles. The van der Waals surface area contributed by atoms with Crippen LogP contribution in [-0.4, -0.2) is 18.3 Å². The molecule has 0 aliphatic carbocycles. The zero-order valence-corrected chi connectivity index (χ0v) is 13.7. The summed E-state index contributed by atoms with van der Waals surface area (Å²) in [5.74, 6) is -0.214. The van der Waals surface area contributed by atoms with Crippen molar-refractivity contribution in [3.05, 3.63) is 53.3 Å². The quantitative estimate of drug-likeness (QED) is 0.808. The molecule has 1 N–H and O–H groups in total. The van der Waals surface area contributed by atoms with Gasteiger partial charge in [-0.05, 0) is 55.6 Å². The number of benzene rings is 2. The van der Waals surface area contributed by atoms with E-state index in [2.05, 4.69) is 5.32 Å². The first-order chi connectivity index (χ1) is 10.5. The third-order valence-corrected chi connectivity index (χ3v) is 3.99. The molecule has 0 aliphatic rings. The topological polar surface area (TPSA) is 38.3 Å². The molecule has 3 nitrogen and oxygen atoms in total. The van der Waals surface area contributed by atoms with Crippen LogP contribution in [0.3, 0.4) is 0 Å². The minimum atomic E-state index is -0.707. The number of hydrogen-bond donors (Lipinski definition) is 1. The van der Waals surface area contributed by atoms with Crippen molar-refractivity contribution in [2.24, 2.45) is 0 Å². The molecule has 6 heteroatoms. The molecule has 0 fully saturated rings. The summed E-state index contributed by atoms with van der Waals surface area (Å²) in [6, 6.07) is 11.2. The van der Waals surface area contributed by atoms with E-state index >= 15 is 0 Å². The normalized spacial score (nSPS) is 11.8. The lowest BCUT2D eigenvalue weighted by atomic mass is 10.3. The van der Waals surface area contributed by atoms with Crippen molar-refractivity contribution in [3.8, 4) is 5.75 Å². The van der Waals surface area contributed by atoms with Gasteiger partial charge in [0.15, 0.2) is 6.10 Å². The fraction of sp³-hybridized carbons (Fsp3) is 0.188. The Hall–Kier alpha value is -1.72. The standard InChI is InChI=1S/C16H15ClFNO2S/c1-10(21-12-4-6-13(22-2)7-5-12)16(20)19-15-8-3-11(18)9-14(15)17/h3-10H,1-2H3,(H,19,20)/t10-/m0/s1. The third-order valence-electron chi connectivity index (χ3n) is 2.93. The molecule has 22 heavy (non-hydrogen) atoms. The zero-order chi connectivity index (χ0) is 16.1. The molecular weight excluding hydrogens is 325 g/mol. The lowest BCUT2D eigenvalue weighted by Gasteiger charge is -2.15. The van der Waals surface area contributed by atoms with E-state index in [4.69, 9.17) is 16.3 Å². The molecule has 116 valence electrons. The highest BCUT2D eigenvalue weighted by Crippen LogP contribution is 2.23. The Morgan fingerprint density at radius 3 is 2.55 bits per heavy atom. The molecule has 2 rings (SSSR count). The number of halogens is 2. The molecule has 2 aromatic rings. The molecule has 1 amide bonds. The Morgan fingerprint density at radius 1 is 1.27 bits per heavy atom. The molecule has 0 aromatic heterocycles. The van der Waals surface area contributed by atoms with Gasteiger partial charge in [-0.3, -0.25) is 4.79 Å². The van der Waals surface area contributed by atoms with E-state index in [1.807, 2.05) is 18.4 Å². The molecule has 0 aliphatic heterocycles. The molecular formula is C16H15ClFNO2S. The number of nitrogens with one attached hydrogen (secondary N) is 1. The average molecular weight is 340 g/mol. The summed E-state index contributed by atoms with van der Waals surface area (Å²) in [4.78, 5) is 13.2. The predicted molar refractivity (Wildman–Crippen MR) is 88.4 cm³/mol. The molecule has 1 atom stereocenters. The first kappa shape index (κ1) is 16.6. The zero-order valence-electron chi connectivity index (χ0n) is 12.1. The monoisotopic (exact) mass is 339 g/mol. The highest BCUT2D eigenvalue weighted by atomic mass is 35.5. The number of rotatable bonds is 5. The Morgan fingerprint density at radius 2 is 1.95 bits per heavy atom. The van der Waals surface area contributed by atoms with Gasteiger partial charge in [0.05, 0.1) is 10.7 Å². The second-order valence-electron chi connectivity index (χ2n) is 4.55. The van der Waals surface area contributed by atoms with Crippen LogP contribution in [0.2, 0.25) is 5.02 Å². The third kappa shape index (κ3) is 4.39. The predicted octanol–water partition coefficient (Wildman–Crippen LogP) is 4.61. The average Bonchev–Trinajstić information content (AvgIpc) is 2.50. The van der Waals surface area contributed by atoms with Gasteiger partial charge in [0.25, 0.3) is 5.91 Å². The van der Waals surface area contributed by atoms with Crippen LogP contribution >= 0.6 is 23.4 Å². The van der Waals surface area contributed by atoms with E-state index in [0.29, 0.717) is 11.4 Å². The fourth-order valence-corrected chi connectivity index (χ4v) is 2.36. The molecule has 0 heterocycles. The van der Waals surface area contributed by atoms with E-state index in [1.165, 1.54) is 12.1 Å². The number of carbonyl (C=O) groups excluding carboxylic acids is 1. The summed E-state index contributed by atoms with van der Waals surface area (Å²) in [5, 5.41) is 2.76. The number of thioether (sulfide) groups is 1. The summed E-state index contributed by atoms with van der Waals surface area (Å²) in [6.45, 7) is 1.63. The van der Waals surface area contributed by atoms with Gasteiger partial charge in [-0.2, -0.15) is 0 Å². The van der Waals surface area contributed by atoms with Crippen molar-refractivity contribution >= 4 is 35.0 Å². The van der Waals surface area contributed by atoms with E-state index in [-0.39, 0.29) is 10.9 Å². The summed E-state index contributed by atoms with van der Waals surface area (Å²) in [5.41, 5.74) is 0.348. The maximum atomic E-state index is 13.0. The van der Waals surface area contributed by atoms with Gasteiger partial charge >= 0.3 is 0 Å². The lowest BCUT2D eigenvalue weighted by Crippen LogP contribution is -2.30. The first-order valence-electron chi connectivity index (χ1n) is 6.56. The van der Waals surface area contributed by atoms with E-state index < -0.39 is 11.9 Å². The van der Waals surface area contributed by atoms with Crippen molar-refractivity contribution < 1.29 is 13.9 Å². The number of amides is 1. The minimum absolute atomic E-state index is 0.143. The van der Waals surface area contributed by atoms with Gasteiger partial charge in [-0.25, -0.2) is 4.39 Å². The Kier molecular flexibility index (Phi) is 5.69. The van der Waals surface area contributed by atoms with Gasteiger partial charge < -0.3 is 10.1 Å². The molecule has 0 unspecified atom stereocenters. The van der Waals surface area contributed by atoms with Gasteiger partial charge in [-0.15, -0.1) is 11.8 Å². The van der Waals surface area contributed by atoms with Crippen LogP contribution in [0.1, 0.15) is 6.92 Å². The first-order valence-corrected chi connectivity index (χ1v) is 8.16. The maximum absolute atomic E-state index is 13.0. The van der Waals surface area contributed by atoms with Crippen LogP contribution in [0.5, 0.6) is 5.75 Å². The highest BCUT2D eigenvalue weighted by molar-refractivity contribution is 7.98. The molecule has 0 spiro atoms. The van der Waals surface area contributed by atoms with Crippen molar-refractivity contribution in [2.45, 2.75) is 17.9 Å². The van der Waals surface area contributed by atoms with Crippen molar-refractivity contribution in [2.75, 3.05) is 11.6 Å². The van der Waals surface area contributed by atoms with Crippen LogP contribution < -0.4 is 10.1 Å². The molecule has 0 saturated heterocycles. The van der Waals surface area contributed by atoms with Crippen molar-refractivity contribution in [3.63, 3.8) is 0 Å². The number of carbonyl (C=O) groups is 1. The van der Waals surface area contributed by atoms with Gasteiger partial charge in [0, 0.05) is 4.90 Å². The number of hydrogen-bond acceptors (Lipinski definition) is 3. The molecule has 0 radical (unpaired) electrons. The smallest absolute Gasteiger partial charge is 0.265 e. The summed E-state index contributed by atoms with van der Waals surface area (Å²) < 4.78 is 18.5. The van der Waals surface area contributed by atoms with Crippen LogP contribution in [-0.2, 0) is 4.79 Å².